The van der Waals surface area contributed by atoms with E-state index in [1.54, 1.807) is 24.9 Å². The van der Waals surface area contributed by atoms with E-state index < -0.39 is 10.0 Å². The maximum Gasteiger partial charge on any atom is 0.274 e. The van der Waals surface area contributed by atoms with Crippen molar-refractivity contribution in [3.05, 3.63) is 17.9 Å². The summed E-state index contributed by atoms with van der Waals surface area (Å²) >= 11 is 1.70. The van der Waals surface area contributed by atoms with E-state index in [4.69, 9.17) is 4.42 Å². The molecule has 1 unspecified atom stereocenters. The van der Waals surface area contributed by atoms with Crippen LogP contribution >= 0.6 is 11.8 Å². The predicted octanol–water partition coefficient (Wildman–Crippen LogP) is 1.42. The molecule has 0 spiro atoms. The Labute approximate surface area is 113 Å². The molecule has 1 rings (SSSR count). The third-order valence-corrected chi connectivity index (χ3v) is 4.79. The van der Waals surface area contributed by atoms with E-state index in [0.29, 0.717) is 12.3 Å². The number of sulfonamides is 1. The van der Waals surface area contributed by atoms with Crippen molar-refractivity contribution in [1.29, 1.82) is 0 Å². The molecule has 0 aliphatic rings. The SMILES string of the molecule is CCSCC(C)NS(=O)(=O)c1ccc(CNC)o1. The van der Waals surface area contributed by atoms with Crippen LogP contribution in [0.5, 0.6) is 0 Å². The smallest absolute Gasteiger partial charge is 0.274 e. The summed E-state index contributed by atoms with van der Waals surface area (Å²) in [6.07, 6.45) is 0. The molecule has 5 nitrogen and oxygen atoms in total. The van der Waals surface area contributed by atoms with E-state index in [9.17, 15) is 8.42 Å². The Morgan fingerprint density at radius 1 is 1.44 bits per heavy atom. The first kappa shape index (κ1) is 15.6. The fourth-order valence-electron chi connectivity index (χ4n) is 1.42. The maximum atomic E-state index is 12.0. The van der Waals surface area contributed by atoms with Crippen molar-refractivity contribution >= 4 is 21.8 Å². The summed E-state index contributed by atoms with van der Waals surface area (Å²) in [5, 5.41) is 2.88. The summed E-state index contributed by atoms with van der Waals surface area (Å²) in [4.78, 5) is 0. The second kappa shape index (κ2) is 7.18. The third-order valence-electron chi connectivity index (χ3n) is 2.18. The summed E-state index contributed by atoms with van der Waals surface area (Å²) < 4.78 is 31.9. The van der Waals surface area contributed by atoms with Gasteiger partial charge >= 0.3 is 0 Å². The molecule has 0 bridgehead atoms. The van der Waals surface area contributed by atoms with Gasteiger partial charge in [0.1, 0.15) is 5.76 Å². The zero-order valence-corrected chi connectivity index (χ0v) is 12.5. The average molecular weight is 292 g/mol. The summed E-state index contributed by atoms with van der Waals surface area (Å²) in [7, 11) is -1.77. The van der Waals surface area contributed by atoms with Gasteiger partial charge in [0, 0.05) is 11.8 Å². The molecule has 0 amide bonds. The Kier molecular flexibility index (Phi) is 6.20. The van der Waals surface area contributed by atoms with E-state index in [1.165, 1.54) is 6.07 Å². The summed E-state index contributed by atoms with van der Waals surface area (Å²) in [6.45, 7) is 4.40. The summed E-state index contributed by atoms with van der Waals surface area (Å²) in [5.74, 6) is 2.33. The van der Waals surface area contributed by atoms with Gasteiger partial charge in [-0.15, -0.1) is 0 Å². The van der Waals surface area contributed by atoms with Gasteiger partial charge in [-0.25, -0.2) is 13.1 Å². The van der Waals surface area contributed by atoms with Crippen LogP contribution in [0.15, 0.2) is 21.6 Å². The molecular formula is C11H20N2O3S2. The van der Waals surface area contributed by atoms with Crippen molar-refractivity contribution in [2.45, 2.75) is 31.5 Å². The van der Waals surface area contributed by atoms with Crippen molar-refractivity contribution in [2.24, 2.45) is 0 Å². The highest BCUT2D eigenvalue weighted by atomic mass is 32.2. The van der Waals surface area contributed by atoms with Gasteiger partial charge in [0.15, 0.2) is 0 Å². The topological polar surface area (TPSA) is 71.3 Å². The second-order valence-corrected chi connectivity index (χ2v) is 6.90. The van der Waals surface area contributed by atoms with Crippen LogP contribution in [-0.4, -0.2) is 33.0 Å². The molecule has 104 valence electrons. The van der Waals surface area contributed by atoms with Crippen LogP contribution in [0.1, 0.15) is 19.6 Å². The zero-order valence-electron chi connectivity index (χ0n) is 10.9. The van der Waals surface area contributed by atoms with Crippen molar-refractivity contribution in [3.63, 3.8) is 0 Å². The van der Waals surface area contributed by atoms with Gasteiger partial charge in [-0.05, 0) is 31.9 Å². The Morgan fingerprint density at radius 3 is 2.78 bits per heavy atom. The quantitative estimate of drug-likeness (QED) is 0.758. The number of hydrogen-bond donors (Lipinski definition) is 2. The average Bonchev–Trinajstić information content (AvgIpc) is 2.75. The van der Waals surface area contributed by atoms with E-state index in [2.05, 4.69) is 10.0 Å². The molecule has 0 saturated carbocycles. The minimum atomic E-state index is -3.55. The highest BCUT2D eigenvalue weighted by molar-refractivity contribution is 7.99. The van der Waals surface area contributed by atoms with Crippen molar-refractivity contribution < 1.29 is 12.8 Å². The molecule has 0 aliphatic heterocycles. The van der Waals surface area contributed by atoms with E-state index in [-0.39, 0.29) is 11.1 Å². The Bertz CT molecular complexity index is 457. The lowest BCUT2D eigenvalue weighted by Gasteiger charge is -2.11. The standard InChI is InChI=1S/C11H20N2O3S2/c1-4-17-8-9(2)13-18(14,15)11-6-5-10(16-11)7-12-3/h5-6,9,12-13H,4,7-8H2,1-3H3. The highest BCUT2D eigenvalue weighted by Gasteiger charge is 2.21. The van der Waals surface area contributed by atoms with Crippen molar-refractivity contribution in [3.8, 4) is 0 Å². The molecular weight excluding hydrogens is 272 g/mol. The van der Waals surface area contributed by atoms with Crippen LogP contribution < -0.4 is 10.0 Å². The molecule has 0 aliphatic carbocycles. The molecule has 18 heavy (non-hydrogen) atoms. The first-order valence-corrected chi connectivity index (χ1v) is 8.46. The van der Waals surface area contributed by atoms with Crippen LogP contribution in [0.25, 0.3) is 0 Å². The van der Waals surface area contributed by atoms with E-state index in [1.807, 2.05) is 13.8 Å². The lowest BCUT2D eigenvalue weighted by atomic mass is 10.4. The number of nitrogens with one attached hydrogen (secondary N) is 2. The minimum Gasteiger partial charge on any atom is -0.447 e. The first-order valence-electron chi connectivity index (χ1n) is 5.83. The van der Waals surface area contributed by atoms with Gasteiger partial charge < -0.3 is 9.73 Å². The lowest BCUT2D eigenvalue weighted by molar-refractivity contribution is 0.403. The van der Waals surface area contributed by atoms with Crippen LogP contribution in [-0.2, 0) is 16.6 Å². The van der Waals surface area contributed by atoms with Gasteiger partial charge in [-0.1, -0.05) is 6.92 Å². The fraction of sp³-hybridized carbons (Fsp3) is 0.636. The summed E-state index contributed by atoms with van der Waals surface area (Å²) in [6, 6.07) is 3.03. The van der Waals surface area contributed by atoms with Crippen LogP contribution in [0.2, 0.25) is 0 Å². The number of furan rings is 1. The van der Waals surface area contributed by atoms with Crippen LogP contribution in [0.4, 0.5) is 0 Å². The maximum absolute atomic E-state index is 12.0. The van der Waals surface area contributed by atoms with Gasteiger partial charge in [0.2, 0.25) is 5.09 Å². The number of rotatable bonds is 8. The van der Waals surface area contributed by atoms with Gasteiger partial charge in [-0.3, -0.25) is 0 Å². The fourth-order valence-corrected chi connectivity index (χ4v) is 3.39. The molecule has 1 aromatic heterocycles. The van der Waals surface area contributed by atoms with E-state index in [0.717, 1.165) is 11.5 Å². The van der Waals surface area contributed by atoms with Crippen molar-refractivity contribution in [2.75, 3.05) is 18.6 Å². The Balaban J connectivity index is 2.67. The number of hydrogen-bond acceptors (Lipinski definition) is 5. The Hall–Kier alpha value is -0.500. The molecule has 1 aromatic rings. The molecule has 7 heteroatoms. The zero-order chi connectivity index (χ0) is 13.6. The second-order valence-electron chi connectivity index (χ2n) is 3.93. The molecule has 1 heterocycles. The molecule has 1 atom stereocenters. The lowest BCUT2D eigenvalue weighted by Crippen LogP contribution is -2.34. The molecule has 0 fully saturated rings. The molecule has 0 aromatic carbocycles. The van der Waals surface area contributed by atoms with Gasteiger partial charge in [0.25, 0.3) is 10.0 Å². The van der Waals surface area contributed by atoms with Crippen LogP contribution in [0, 0.1) is 0 Å². The normalized spacial score (nSPS) is 13.7. The monoisotopic (exact) mass is 292 g/mol. The highest BCUT2D eigenvalue weighted by Crippen LogP contribution is 2.14. The summed E-state index contributed by atoms with van der Waals surface area (Å²) in [5.41, 5.74) is 0. The minimum absolute atomic E-state index is 0.0268. The first-order chi connectivity index (χ1) is 8.49. The largest absolute Gasteiger partial charge is 0.447 e. The third kappa shape index (κ3) is 4.64. The predicted molar refractivity (Wildman–Crippen MR) is 74.3 cm³/mol. The van der Waals surface area contributed by atoms with Gasteiger partial charge in [0.05, 0.1) is 6.54 Å². The molecule has 2 N–H and O–H groups in total. The molecule has 0 radical (unpaired) electrons. The van der Waals surface area contributed by atoms with Crippen molar-refractivity contribution in [1.82, 2.24) is 10.0 Å². The molecule has 0 saturated heterocycles. The van der Waals surface area contributed by atoms with Crippen LogP contribution in [0.3, 0.4) is 0 Å². The van der Waals surface area contributed by atoms with Gasteiger partial charge in [-0.2, -0.15) is 11.8 Å². The van der Waals surface area contributed by atoms with E-state index >= 15 is 0 Å². The number of thioether (sulfide) groups is 1. The Morgan fingerprint density at radius 2 is 2.17 bits per heavy atom.